The number of carbonyl (C=O) groups excluding carboxylic acids is 1. The fourth-order valence-corrected chi connectivity index (χ4v) is 1.77. The van der Waals surface area contributed by atoms with Gasteiger partial charge >= 0.3 is 0 Å². The zero-order valence-corrected chi connectivity index (χ0v) is 11.3. The van der Waals surface area contributed by atoms with E-state index in [-0.39, 0.29) is 29.0 Å². The summed E-state index contributed by atoms with van der Waals surface area (Å²) in [6, 6.07) is 4.03. The molecule has 4 nitrogen and oxygen atoms in total. The number of amides is 1. The van der Waals surface area contributed by atoms with Crippen LogP contribution < -0.4 is 0 Å². The van der Waals surface area contributed by atoms with E-state index >= 15 is 0 Å². The lowest BCUT2D eigenvalue weighted by Crippen LogP contribution is -2.39. The molecule has 100 valence electrons. The van der Waals surface area contributed by atoms with Gasteiger partial charge < -0.3 is 15.1 Å². The monoisotopic (exact) mass is 251 g/mol. The van der Waals surface area contributed by atoms with Crippen molar-refractivity contribution in [1.82, 2.24) is 4.90 Å². The largest absolute Gasteiger partial charge is 0.508 e. The number of hydrogen-bond donors (Lipinski definition) is 2. The molecular weight excluding hydrogens is 230 g/mol. The lowest BCUT2D eigenvalue weighted by atomic mass is 10.1. The Bertz CT molecular complexity index is 427. The third-order valence-corrected chi connectivity index (χ3v) is 2.66. The summed E-state index contributed by atoms with van der Waals surface area (Å²) in [6.07, 6.45) is 0. The summed E-state index contributed by atoms with van der Waals surface area (Å²) in [4.78, 5) is 14.0. The molecule has 0 aliphatic rings. The Kier molecular flexibility index (Phi) is 4.59. The number of rotatable bonds is 4. The second-order valence-electron chi connectivity index (χ2n) is 5.15. The molecule has 1 amide bonds. The molecule has 2 N–H and O–H groups in total. The van der Waals surface area contributed by atoms with Gasteiger partial charge in [-0.2, -0.15) is 0 Å². The molecule has 0 bridgehead atoms. The Morgan fingerprint density at radius 1 is 1.22 bits per heavy atom. The second kappa shape index (κ2) is 5.76. The van der Waals surface area contributed by atoms with Gasteiger partial charge in [-0.15, -0.1) is 0 Å². The van der Waals surface area contributed by atoms with Gasteiger partial charge in [-0.1, -0.05) is 13.8 Å². The Morgan fingerprint density at radius 3 is 2.33 bits per heavy atom. The highest BCUT2D eigenvalue weighted by atomic mass is 16.3. The number of hydrogen-bond acceptors (Lipinski definition) is 3. The summed E-state index contributed by atoms with van der Waals surface area (Å²) >= 11 is 0. The molecule has 4 heteroatoms. The fraction of sp³-hybridized carbons (Fsp3) is 0.500. The number of aromatic hydroxyl groups is 2. The van der Waals surface area contributed by atoms with Crippen LogP contribution in [0.25, 0.3) is 0 Å². The maximum Gasteiger partial charge on any atom is 0.257 e. The van der Waals surface area contributed by atoms with Crippen molar-refractivity contribution in [3.05, 3.63) is 23.8 Å². The van der Waals surface area contributed by atoms with Crippen molar-refractivity contribution >= 4 is 5.91 Å². The standard InChI is InChI=1S/C14H21NO3/c1-9(2)8-15(10(3)4)14(18)12-7-11(16)5-6-13(12)17/h5-7,9-10,16-17H,8H2,1-4H3. The van der Waals surface area contributed by atoms with Gasteiger partial charge in [0, 0.05) is 12.6 Å². The predicted octanol–water partition coefficient (Wildman–Crippen LogP) is 2.60. The maximum atomic E-state index is 12.3. The van der Waals surface area contributed by atoms with Crippen molar-refractivity contribution in [3.8, 4) is 11.5 Å². The van der Waals surface area contributed by atoms with E-state index in [0.717, 1.165) is 0 Å². The summed E-state index contributed by atoms with van der Waals surface area (Å²) in [5.74, 6) is -0.0421. The molecule has 0 atom stereocenters. The maximum absolute atomic E-state index is 12.3. The van der Waals surface area contributed by atoms with Crippen molar-refractivity contribution in [3.63, 3.8) is 0 Å². The molecule has 0 aliphatic carbocycles. The van der Waals surface area contributed by atoms with Gasteiger partial charge in [-0.05, 0) is 38.0 Å². The number of carbonyl (C=O) groups is 1. The van der Waals surface area contributed by atoms with E-state index < -0.39 is 0 Å². The quantitative estimate of drug-likeness (QED) is 0.809. The zero-order chi connectivity index (χ0) is 13.9. The van der Waals surface area contributed by atoms with Gasteiger partial charge in [-0.3, -0.25) is 4.79 Å². The Morgan fingerprint density at radius 2 is 1.83 bits per heavy atom. The van der Waals surface area contributed by atoms with E-state index in [1.54, 1.807) is 4.90 Å². The van der Waals surface area contributed by atoms with Crippen LogP contribution in [0, 0.1) is 5.92 Å². The second-order valence-corrected chi connectivity index (χ2v) is 5.15. The third kappa shape index (κ3) is 3.39. The molecule has 0 radical (unpaired) electrons. The van der Waals surface area contributed by atoms with Crippen LogP contribution in [0.15, 0.2) is 18.2 Å². The van der Waals surface area contributed by atoms with Gasteiger partial charge in [-0.25, -0.2) is 0 Å². The molecule has 0 saturated heterocycles. The van der Waals surface area contributed by atoms with Crippen LogP contribution in [0.3, 0.4) is 0 Å². The van der Waals surface area contributed by atoms with E-state index in [4.69, 9.17) is 0 Å². The minimum absolute atomic E-state index is 0.0237. The van der Waals surface area contributed by atoms with Crippen molar-refractivity contribution in [2.45, 2.75) is 33.7 Å². The van der Waals surface area contributed by atoms with Crippen LogP contribution in [0.1, 0.15) is 38.1 Å². The molecule has 0 fully saturated rings. The molecule has 0 spiro atoms. The zero-order valence-electron chi connectivity index (χ0n) is 11.3. The smallest absolute Gasteiger partial charge is 0.257 e. The Hall–Kier alpha value is -1.71. The van der Waals surface area contributed by atoms with E-state index in [0.29, 0.717) is 12.5 Å². The molecule has 1 aromatic carbocycles. The minimum Gasteiger partial charge on any atom is -0.508 e. The predicted molar refractivity (Wildman–Crippen MR) is 70.8 cm³/mol. The molecule has 1 rings (SSSR count). The Balaban J connectivity index is 3.05. The molecule has 18 heavy (non-hydrogen) atoms. The molecule has 0 heterocycles. The number of nitrogens with zero attached hydrogens (tertiary/aromatic N) is 1. The summed E-state index contributed by atoms with van der Waals surface area (Å²) in [6.45, 7) is 8.54. The van der Waals surface area contributed by atoms with Crippen LogP contribution in [-0.2, 0) is 0 Å². The molecular formula is C14H21NO3. The minimum atomic E-state index is -0.257. The summed E-state index contributed by atoms with van der Waals surface area (Å²) in [5.41, 5.74) is 0.143. The van der Waals surface area contributed by atoms with Gasteiger partial charge in [0.15, 0.2) is 0 Å². The van der Waals surface area contributed by atoms with E-state index in [2.05, 4.69) is 0 Å². The molecule has 0 aliphatic heterocycles. The third-order valence-electron chi connectivity index (χ3n) is 2.66. The average molecular weight is 251 g/mol. The van der Waals surface area contributed by atoms with Crippen molar-refractivity contribution in [1.29, 1.82) is 0 Å². The first-order valence-corrected chi connectivity index (χ1v) is 6.16. The highest BCUT2D eigenvalue weighted by Gasteiger charge is 2.22. The Labute approximate surface area is 108 Å². The normalized spacial score (nSPS) is 11.0. The van der Waals surface area contributed by atoms with Gasteiger partial charge in [0.1, 0.15) is 11.5 Å². The van der Waals surface area contributed by atoms with Crippen LogP contribution >= 0.6 is 0 Å². The SMILES string of the molecule is CC(C)CN(C(=O)c1cc(O)ccc1O)C(C)C. The highest BCUT2D eigenvalue weighted by Crippen LogP contribution is 2.24. The van der Waals surface area contributed by atoms with Crippen LogP contribution in [0.5, 0.6) is 11.5 Å². The summed E-state index contributed by atoms with van der Waals surface area (Å²) < 4.78 is 0. The van der Waals surface area contributed by atoms with Gasteiger partial charge in [0.25, 0.3) is 5.91 Å². The van der Waals surface area contributed by atoms with Gasteiger partial charge in [0.2, 0.25) is 0 Å². The first-order valence-electron chi connectivity index (χ1n) is 6.16. The molecule has 1 aromatic rings. The number of phenolic OH excluding ortho intramolecular Hbond substituents is 2. The summed E-state index contributed by atoms with van der Waals surface area (Å²) in [5, 5.41) is 19.1. The average Bonchev–Trinajstić information content (AvgIpc) is 2.27. The number of benzene rings is 1. The lowest BCUT2D eigenvalue weighted by Gasteiger charge is -2.28. The van der Waals surface area contributed by atoms with Crippen molar-refractivity contribution in [2.24, 2.45) is 5.92 Å². The topological polar surface area (TPSA) is 60.8 Å². The fourth-order valence-electron chi connectivity index (χ4n) is 1.77. The number of phenols is 2. The highest BCUT2D eigenvalue weighted by molar-refractivity contribution is 5.97. The van der Waals surface area contributed by atoms with E-state index in [9.17, 15) is 15.0 Å². The lowest BCUT2D eigenvalue weighted by molar-refractivity contribution is 0.0678. The van der Waals surface area contributed by atoms with Crippen LogP contribution in [0.4, 0.5) is 0 Å². The van der Waals surface area contributed by atoms with E-state index in [1.165, 1.54) is 18.2 Å². The molecule has 0 unspecified atom stereocenters. The van der Waals surface area contributed by atoms with Crippen LogP contribution in [0.2, 0.25) is 0 Å². The van der Waals surface area contributed by atoms with Gasteiger partial charge in [0.05, 0.1) is 5.56 Å². The van der Waals surface area contributed by atoms with Crippen molar-refractivity contribution < 1.29 is 15.0 Å². The first kappa shape index (κ1) is 14.4. The molecule has 0 aromatic heterocycles. The van der Waals surface area contributed by atoms with E-state index in [1.807, 2.05) is 27.7 Å². The first-order chi connectivity index (χ1) is 8.32. The van der Waals surface area contributed by atoms with Crippen molar-refractivity contribution in [2.75, 3.05) is 6.54 Å². The summed E-state index contributed by atoms with van der Waals surface area (Å²) in [7, 11) is 0. The molecule has 0 saturated carbocycles. The van der Waals surface area contributed by atoms with Crippen LogP contribution in [-0.4, -0.2) is 33.6 Å².